The molecule has 0 saturated carbocycles. The maximum Gasteiger partial charge on any atom is 0.222 e. The lowest BCUT2D eigenvalue weighted by atomic mass is 9.83. The molecule has 3 heterocycles. The van der Waals surface area contributed by atoms with Crippen LogP contribution in [-0.2, 0) is 16.0 Å². The van der Waals surface area contributed by atoms with Crippen LogP contribution in [0.3, 0.4) is 0 Å². The number of H-pyrrole nitrogens is 1. The summed E-state index contributed by atoms with van der Waals surface area (Å²) < 4.78 is 0. The first-order valence-corrected chi connectivity index (χ1v) is 9.59. The smallest absolute Gasteiger partial charge is 0.222 e. The van der Waals surface area contributed by atoms with Crippen molar-refractivity contribution in [2.75, 3.05) is 19.6 Å². The molecule has 0 aliphatic carbocycles. The molecule has 2 saturated heterocycles. The standard InChI is InChI=1S/C19H30N4O2/c1-4-10-23-17-9-11-22(12-15(17)5-7-19(23)25)18(24)8-6-16-13(2)14(3)20-21-16/h15,17H,4-12H2,1-3H3,(H,20,21)/t15-,17+/m0/s1. The van der Waals surface area contributed by atoms with Crippen molar-refractivity contribution in [1.82, 2.24) is 20.0 Å². The van der Waals surface area contributed by atoms with Gasteiger partial charge in [0.1, 0.15) is 0 Å². The third-order valence-corrected chi connectivity index (χ3v) is 5.89. The molecule has 1 N–H and O–H groups in total. The van der Waals surface area contributed by atoms with Crippen LogP contribution >= 0.6 is 0 Å². The summed E-state index contributed by atoms with van der Waals surface area (Å²) in [6.45, 7) is 8.60. The Bertz CT molecular complexity index is 639. The van der Waals surface area contributed by atoms with Gasteiger partial charge in [0.05, 0.1) is 5.69 Å². The van der Waals surface area contributed by atoms with Crippen LogP contribution < -0.4 is 0 Å². The monoisotopic (exact) mass is 346 g/mol. The summed E-state index contributed by atoms with van der Waals surface area (Å²) in [7, 11) is 0. The molecule has 138 valence electrons. The molecule has 0 bridgehead atoms. The number of likely N-dealkylation sites (tertiary alicyclic amines) is 2. The molecule has 0 aromatic carbocycles. The van der Waals surface area contributed by atoms with Gasteiger partial charge in [-0.25, -0.2) is 0 Å². The second-order valence-electron chi connectivity index (χ2n) is 7.50. The number of aromatic amines is 1. The highest BCUT2D eigenvalue weighted by atomic mass is 16.2. The van der Waals surface area contributed by atoms with Gasteiger partial charge in [0.25, 0.3) is 0 Å². The van der Waals surface area contributed by atoms with Gasteiger partial charge in [-0.05, 0) is 44.6 Å². The van der Waals surface area contributed by atoms with E-state index in [1.165, 1.54) is 0 Å². The van der Waals surface area contributed by atoms with E-state index in [4.69, 9.17) is 0 Å². The zero-order valence-electron chi connectivity index (χ0n) is 15.7. The molecular weight excluding hydrogens is 316 g/mol. The van der Waals surface area contributed by atoms with Crippen LogP contribution in [0.25, 0.3) is 0 Å². The average Bonchev–Trinajstić information content (AvgIpc) is 2.93. The summed E-state index contributed by atoms with van der Waals surface area (Å²) in [6, 6.07) is 0.335. The summed E-state index contributed by atoms with van der Waals surface area (Å²) in [4.78, 5) is 28.9. The Labute approximate surface area is 149 Å². The van der Waals surface area contributed by atoms with Crippen LogP contribution in [-0.4, -0.2) is 57.5 Å². The van der Waals surface area contributed by atoms with Gasteiger partial charge in [-0.3, -0.25) is 14.7 Å². The third kappa shape index (κ3) is 3.72. The molecule has 6 nitrogen and oxygen atoms in total. The van der Waals surface area contributed by atoms with E-state index in [0.717, 1.165) is 55.8 Å². The fraction of sp³-hybridized carbons (Fsp3) is 0.737. The molecule has 2 aliphatic rings. The molecule has 1 aromatic heterocycles. The number of nitrogens with one attached hydrogen (secondary N) is 1. The molecule has 0 spiro atoms. The van der Waals surface area contributed by atoms with Crippen LogP contribution in [0.15, 0.2) is 0 Å². The number of hydrogen-bond donors (Lipinski definition) is 1. The van der Waals surface area contributed by atoms with E-state index in [0.29, 0.717) is 37.1 Å². The van der Waals surface area contributed by atoms with Crippen LogP contribution in [0.4, 0.5) is 0 Å². The minimum absolute atomic E-state index is 0.220. The molecule has 25 heavy (non-hydrogen) atoms. The number of fused-ring (bicyclic) bond motifs is 1. The normalized spacial score (nSPS) is 23.7. The summed E-state index contributed by atoms with van der Waals surface area (Å²) in [6.07, 6.45) is 4.68. The SMILES string of the molecule is CCCN1C(=O)CC[C@H]2CN(C(=O)CCc3n[nH]c(C)c3C)CC[C@H]21. The van der Waals surface area contributed by atoms with Gasteiger partial charge in [0.2, 0.25) is 11.8 Å². The van der Waals surface area contributed by atoms with Crippen molar-refractivity contribution in [2.45, 2.75) is 65.3 Å². The summed E-state index contributed by atoms with van der Waals surface area (Å²) in [5, 5.41) is 7.28. The number of aryl methyl sites for hydroxylation is 2. The maximum atomic E-state index is 12.6. The molecule has 6 heteroatoms. The minimum Gasteiger partial charge on any atom is -0.342 e. The zero-order valence-corrected chi connectivity index (χ0v) is 15.7. The highest BCUT2D eigenvalue weighted by Crippen LogP contribution is 2.31. The lowest BCUT2D eigenvalue weighted by molar-refractivity contribution is -0.144. The van der Waals surface area contributed by atoms with Gasteiger partial charge in [0.15, 0.2) is 0 Å². The van der Waals surface area contributed by atoms with E-state index in [2.05, 4.69) is 22.0 Å². The van der Waals surface area contributed by atoms with Gasteiger partial charge < -0.3 is 9.80 Å². The number of aromatic nitrogens is 2. The van der Waals surface area contributed by atoms with Crippen molar-refractivity contribution >= 4 is 11.8 Å². The van der Waals surface area contributed by atoms with Crippen LogP contribution in [0.1, 0.15) is 56.0 Å². The van der Waals surface area contributed by atoms with Crippen molar-refractivity contribution in [1.29, 1.82) is 0 Å². The molecule has 2 amide bonds. The summed E-state index contributed by atoms with van der Waals surface area (Å²) in [5.74, 6) is 0.959. The van der Waals surface area contributed by atoms with Crippen molar-refractivity contribution < 1.29 is 9.59 Å². The predicted octanol–water partition coefficient (Wildman–Crippen LogP) is 2.21. The lowest BCUT2D eigenvalue weighted by Crippen LogP contribution is -2.57. The number of piperidine rings is 2. The molecule has 2 atom stereocenters. The van der Waals surface area contributed by atoms with Crippen molar-refractivity contribution in [3.05, 3.63) is 17.0 Å². The molecule has 0 radical (unpaired) electrons. The Balaban J connectivity index is 1.56. The summed E-state index contributed by atoms with van der Waals surface area (Å²) in [5.41, 5.74) is 3.23. The molecular formula is C19H30N4O2. The van der Waals surface area contributed by atoms with Crippen LogP contribution in [0.2, 0.25) is 0 Å². The van der Waals surface area contributed by atoms with E-state index < -0.39 is 0 Å². The van der Waals surface area contributed by atoms with Crippen molar-refractivity contribution in [3.63, 3.8) is 0 Å². The number of rotatable bonds is 5. The van der Waals surface area contributed by atoms with E-state index >= 15 is 0 Å². The summed E-state index contributed by atoms with van der Waals surface area (Å²) >= 11 is 0. The predicted molar refractivity (Wildman–Crippen MR) is 96.1 cm³/mol. The Kier molecular flexibility index (Phi) is 5.45. The number of nitrogens with zero attached hydrogens (tertiary/aromatic N) is 3. The fourth-order valence-corrected chi connectivity index (χ4v) is 4.27. The Morgan fingerprint density at radius 3 is 2.80 bits per heavy atom. The van der Waals surface area contributed by atoms with E-state index in [1.54, 1.807) is 0 Å². The third-order valence-electron chi connectivity index (χ3n) is 5.89. The molecule has 2 aliphatic heterocycles. The fourth-order valence-electron chi connectivity index (χ4n) is 4.27. The Morgan fingerprint density at radius 1 is 1.32 bits per heavy atom. The Hall–Kier alpha value is -1.85. The lowest BCUT2D eigenvalue weighted by Gasteiger charge is -2.47. The highest BCUT2D eigenvalue weighted by molar-refractivity contribution is 5.78. The number of amides is 2. The maximum absolute atomic E-state index is 12.6. The number of carbonyl (C=O) groups excluding carboxylic acids is 2. The average molecular weight is 346 g/mol. The molecule has 0 unspecified atom stereocenters. The van der Waals surface area contributed by atoms with Gasteiger partial charge in [-0.2, -0.15) is 5.10 Å². The highest BCUT2D eigenvalue weighted by Gasteiger charge is 2.39. The quantitative estimate of drug-likeness (QED) is 0.889. The van der Waals surface area contributed by atoms with Crippen molar-refractivity contribution in [2.24, 2.45) is 5.92 Å². The first-order valence-electron chi connectivity index (χ1n) is 9.59. The first kappa shape index (κ1) is 18.0. The van der Waals surface area contributed by atoms with Crippen molar-refractivity contribution in [3.8, 4) is 0 Å². The van der Waals surface area contributed by atoms with Gasteiger partial charge in [-0.1, -0.05) is 6.92 Å². The first-order chi connectivity index (χ1) is 12.0. The molecule has 1 aromatic rings. The molecule has 2 fully saturated rings. The largest absolute Gasteiger partial charge is 0.342 e. The van der Waals surface area contributed by atoms with Crippen LogP contribution in [0, 0.1) is 19.8 Å². The van der Waals surface area contributed by atoms with Gasteiger partial charge in [-0.15, -0.1) is 0 Å². The number of carbonyl (C=O) groups is 2. The Morgan fingerprint density at radius 2 is 2.12 bits per heavy atom. The topological polar surface area (TPSA) is 69.3 Å². The van der Waals surface area contributed by atoms with E-state index in [1.807, 2.05) is 18.7 Å². The minimum atomic E-state index is 0.220. The molecule has 3 rings (SSSR count). The van der Waals surface area contributed by atoms with Gasteiger partial charge in [0, 0.05) is 50.6 Å². The van der Waals surface area contributed by atoms with Gasteiger partial charge >= 0.3 is 0 Å². The second kappa shape index (κ2) is 7.58. The number of hydrogen-bond acceptors (Lipinski definition) is 3. The second-order valence-corrected chi connectivity index (χ2v) is 7.50. The van der Waals surface area contributed by atoms with E-state index in [-0.39, 0.29) is 5.91 Å². The van der Waals surface area contributed by atoms with E-state index in [9.17, 15) is 9.59 Å². The van der Waals surface area contributed by atoms with Crippen LogP contribution in [0.5, 0.6) is 0 Å². The zero-order chi connectivity index (χ0) is 18.0.